The van der Waals surface area contributed by atoms with E-state index < -0.39 is 0 Å². The zero-order chi connectivity index (χ0) is 9.80. The van der Waals surface area contributed by atoms with Gasteiger partial charge in [-0.15, -0.1) is 5.16 Å². The van der Waals surface area contributed by atoms with Crippen LogP contribution in [0.1, 0.15) is 5.69 Å². The van der Waals surface area contributed by atoms with Crippen molar-refractivity contribution in [2.45, 2.75) is 6.61 Å². The van der Waals surface area contributed by atoms with Crippen LogP contribution in [0.15, 0.2) is 41.6 Å². The van der Waals surface area contributed by atoms with Gasteiger partial charge >= 0.3 is 0 Å². The van der Waals surface area contributed by atoms with E-state index >= 15 is 0 Å². The quantitative estimate of drug-likeness (QED) is 0.544. The van der Waals surface area contributed by atoms with E-state index in [4.69, 9.17) is 4.84 Å². The minimum Gasteiger partial charge on any atom is -0.390 e. The van der Waals surface area contributed by atoms with Gasteiger partial charge in [0.25, 0.3) is 0 Å². The number of fused-ring (bicyclic) bond motifs is 1. The van der Waals surface area contributed by atoms with Gasteiger partial charge in [-0.3, -0.25) is 0 Å². The monoisotopic (exact) mass is 186 g/mol. The first-order valence-electron chi connectivity index (χ1n) is 4.33. The van der Waals surface area contributed by atoms with Crippen molar-refractivity contribution < 1.29 is 4.84 Å². The van der Waals surface area contributed by atoms with Crippen molar-refractivity contribution in [1.29, 1.82) is 0 Å². The molecule has 1 aromatic carbocycles. The molecule has 0 spiro atoms. The lowest BCUT2D eigenvalue weighted by molar-refractivity contribution is 0.130. The summed E-state index contributed by atoms with van der Waals surface area (Å²) in [6, 6.07) is 11.9. The number of benzene rings is 1. The molecule has 0 aliphatic rings. The SMILES string of the molecule is C=NOCc1ccc2ccccc2n1. The molecule has 0 atom stereocenters. The van der Waals surface area contributed by atoms with Gasteiger partial charge in [0.1, 0.15) is 0 Å². The summed E-state index contributed by atoms with van der Waals surface area (Å²) >= 11 is 0. The van der Waals surface area contributed by atoms with Crippen LogP contribution in [-0.4, -0.2) is 11.7 Å². The Balaban J connectivity index is 2.36. The molecule has 0 aliphatic carbocycles. The Morgan fingerprint density at radius 2 is 2.07 bits per heavy atom. The number of oxime groups is 1. The maximum atomic E-state index is 4.82. The molecule has 0 saturated heterocycles. The standard InChI is InChI=1S/C11H10N2O/c1-12-14-8-10-7-6-9-4-2-3-5-11(9)13-10/h2-7H,1,8H2. The molecule has 2 aromatic rings. The first-order chi connectivity index (χ1) is 6.90. The summed E-state index contributed by atoms with van der Waals surface area (Å²) in [4.78, 5) is 9.22. The van der Waals surface area contributed by atoms with E-state index in [1.165, 1.54) is 0 Å². The van der Waals surface area contributed by atoms with Crippen molar-refractivity contribution in [3.05, 3.63) is 42.1 Å². The van der Waals surface area contributed by atoms with Crippen LogP contribution in [0, 0.1) is 0 Å². The molecule has 3 nitrogen and oxygen atoms in total. The van der Waals surface area contributed by atoms with Crippen molar-refractivity contribution in [1.82, 2.24) is 4.98 Å². The number of rotatable bonds is 3. The highest BCUT2D eigenvalue weighted by molar-refractivity contribution is 5.78. The van der Waals surface area contributed by atoms with Crippen molar-refractivity contribution >= 4 is 17.6 Å². The molecule has 0 N–H and O–H groups in total. The fraction of sp³-hybridized carbons (Fsp3) is 0.0909. The normalized spacial score (nSPS) is 10.0. The van der Waals surface area contributed by atoms with Gasteiger partial charge in [-0.05, 0) is 12.1 Å². The molecule has 70 valence electrons. The summed E-state index contributed by atoms with van der Waals surface area (Å²) in [7, 11) is 0. The van der Waals surface area contributed by atoms with E-state index in [2.05, 4.69) is 16.9 Å². The van der Waals surface area contributed by atoms with Gasteiger partial charge in [-0.2, -0.15) is 0 Å². The summed E-state index contributed by atoms with van der Waals surface area (Å²) < 4.78 is 0. The van der Waals surface area contributed by atoms with E-state index in [0.717, 1.165) is 16.6 Å². The van der Waals surface area contributed by atoms with Gasteiger partial charge in [-0.25, -0.2) is 4.98 Å². The first-order valence-corrected chi connectivity index (χ1v) is 4.33. The Morgan fingerprint density at radius 3 is 2.93 bits per heavy atom. The van der Waals surface area contributed by atoms with E-state index in [1.807, 2.05) is 36.4 Å². The summed E-state index contributed by atoms with van der Waals surface area (Å²) in [5.41, 5.74) is 1.83. The smallest absolute Gasteiger partial charge is 0.159 e. The molecule has 2 rings (SSSR count). The Labute approximate surface area is 82.0 Å². The van der Waals surface area contributed by atoms with E-state index in [0.29, 0.717) is 6.61 Å². The molecule has 0 bridgehead atoms. The van der Waals surface area contributed by atoms with E-state index in [-0.39, 0.29) is 0 Å². The van der Waals surface area contributed by atoms with Crippen molar-refractivity contribution in [2.75, 3.05) is 0 Å². The summed E-state index contributed by atoms with van der Waals surface area (Å²) in [6.07, 6.45) is 0. The van der Waals surface area contributed by atoms with Gasteiger partial charge in [0.2, 0.25) is 0 Å². The summed E-state index contributed by atoms with van der Waals surface area (Å²) in [5, 5.41) is 4.45. The fourth-order valence-corrected chi connectivity index (χ4v) is 1.30. The Bertz CT molecular complexity index is 454. The third-order valence-electron chi connectivity index (χ3n) is 1.96. The second-order valence-electron chi connectivity index (χ2n) is 2.90. The van der Waals surface area contributed by atoms with E-state index in [9.17, 15) is 0 Å². The second kappa shape index (κ2) is 3.87. The van der Waals surface area contributed by atoms with Gasteiger partial charge in [0.15, 0.2) is 6.61 Å². The van der Waals surface area contributed by atoms with Crippen LogP contribution in [0.25, 0.3) is 10.9 Å². The molecule has 1 heterocycles. The van der Waals surface area contributed by atoms with Gasteiger partial charge in [0.05, 0.1) is 11.2 Å². The number of pyridine rings is 1. The van der Waals surface area contributed by atoms with Crippen LogP contribution in [0.4, 0.5) is 0 Å². The maximum absolute atomic E-state index is 4.82. The Morgan fingerprint density at radius 1 is 1.21 bits per heavy atom. The molecule has 0 amide bonds. The lowest BCUT2D eigenvalue weighted by atomic mass is 10.2. The predicted molar refractivity (Wildman–Crippen MR) is 56.1 cm³/mol. The molecule has 14 heavy (non-hydrogen) atoms. The highest BCUT2D eigenvalue weighted by Crippen LogP contribution is 2.12. The molecule has 3 heteroatoms. The van der Waals surface area contributed by atoms with Crippen LogP contribution in [0.5, 0.6) is 0 Å². The van der Waals surface area contributed by atoms with Gasteiger partial charge < -0.3 is 4.84 Å². The number of aromatic nitrogens is 1. The molecular formula is C11H10N2O. The molecule has 0 fully saturated rings. The molecular weight excluding hydrogens is 176 g/mol. The lowest BCUT2D eigenvalue weighted by Crippen LogP contribution is -1.91. The van der Waals surface area contributed by atoms with Crippen LogP contribution in [0.3, 0.4) is 0 Å². The Hall–Kier alpha value is -1.90. The van der Waals surface area contributed by atoms with Crippen LogP contribution in [-0.2, 0) is 11.4 Å². The third-order valence-corrected chi connectivity index (χ3v) is 1.96. The van der Waals surface area contributed by atoms with Crippen LogP contribution in [0.2, 0.25) is 0 Å². The highest BCUT2D eigenvalue weighted by Gasteiger charge is 1.97. The average Bonchev–Trinajstić information content (AvgIpc) is 2.26. The topological polar surface area (TPSA) is 34.5 Å². The third kappa shape index (κ3) is 1.71. The van der Waals surface area contributed by atoms with Gasteiger partial charge in [-0.1, -0.05) is 24.3 Å². The average molecular weight is 186 g/mol. The summed E-state index contributed by atoms with van der Waals surface area (Å²) in [5.74, 6) is 0. The van der Waals surface area contributed by atoms with Gasteiger partial charge in [0, 0.05) is 12.1 Å². The Kier molecular flexibility index (Phi) is 2.40. The second-order valence-corrected chi connectivity index (χ2v) is 2.90. The van der Waals surface area contributed by atoms with Crippen molar-refractivity contribution in [3.8, 4) is 0 Å². The number of para-hydroxylation sites is 1. The zero-order valence-electron chi connectivity index (χ0n) is 7.68. The summed E-state index contributed by atoms with van der Waals surface area (Å²) in [6.45, 7) is 3.61. The van der Waals surface area contributed by atoms with Crippen molar-refractivity contribution in [2.24, 2.45) is 5.16 Å². The zero-order valence-corrected chi connectivity index (χ0v) is 7.68. The molecule has 0 radical (unpaired) electrons. The molecule has 1 aromatic heterocycles. The highest BCUT2D eigenvalue weighted by atomic mass is 16.6. The van der Waals surface area contributed by atoms with Crippen LogP contribution >= 0.6 is 0 Å². The first kappa shape index (κ1) is 8.69. The number of nitrogens with zero attached hydrogens (tertiary/aromatic N) is 2. The molecule has 0 aliphatic heterocycles. The maximum Gasteiger partial charge on any atom is 0.159 e. The fourth-order valence-electron chi connectivity index (χ4n) is 1.30. The molecule has 0 saturated carbocycles. The van der Waals surface area contributed by atoms with E-state index in [1.54, 1.807) is 0 Å². The lowest BCUT2D eigenvalue weighted by Gasteiger charge is -2.00. The number of hydrogen-bond donors (Lipinski definition) is 0. The predicted octanol–water partition coefficient (Wildman–Crippen LogP) is 2.37. The largest absolute Gasteiger partial charge is 0.390 e. The molecule has 0 unspecified atom stereocenters. The number of hydrogen-bond acceptors (Lipinski definition) is 3. The van der Waals surface area contributed by atoms with Crippen molar-refractivity contribution in [3.63, 3.8) is 0 Å². The minimum atomic E-state index is 0.369. The minimum absolute atomic E-state index is 0.369. The van der Waals surface area contributed by atoms with Crippen LogP contribution < -0.4 is 0 Å².